The topological polar surface area (TPSA) is 20.2 Å². The van der Waals surface area contributed by atoms with E-state index in [1.54, 1.807) is 0 Å². The molecule has 0 saturated heterocycles. The summed E-state index contributed by atoms with van der Waals surface area (Å²) < 4.78 is 0. The molecule has 0 amide bonds. The molecule has 0 bridgehead atoms. The van der Waals surface area contributed by atoms with Crippen molar-refractivity contribution in [2.75, 3.05) is 6.61 Å². The lowest BCUT2D eigenvalue weighted by Gasteiger charge is -2.04. The molecule has 0 aromatic carbocycles. The van der Waals surface area contributed by atoms with E-state index in [0.29, 0.717) is 5.92 Å². The van der Waals surface area contributed by atoms with Crippen LogP contribution in [0.1, 0.15) is 46.5 Å². The molecule has 0 spiro atoms. The van der Waals surface area contributed by atoms with Crippen LogP contribution in [-0.2, 0) is 0 Å². The van der Waals surface area contributed by atoms with Gasteiger partial charge >= 0.3 is 0 Å². The van der Waals surface area contributed by atoms with Crippen LogP contribution in [0.3, 0.4) is 0 Å². The van der Waals surface area contributed by atoms with Gasteiger partial charge in [-0.2, -0.15) is 0 Å². The lowest BCUT2D eigenvalue weighted by molar-refractivity contribution is 0.261. The molecule has 1 nitrogen and oxygen atoms in total. The summed E-state index contributed by atoms with van der Waals surface area (Å²) >= 11 is 0. The van der Waals surface area contributed by atoms with E-state index in [1.807, 2.05) is 6.92 Å². The van der Waals surface area contributed by atoms with Crippen molar-refractivity contribution in [3.63, 3.8) is 0 Å². The molecular formula is C14H26O. The number of aliphatic hydroxyl groups excluding tert-OH is 1. The van der Waals surface area contributed by atoms with Crippen LogP contribution in [0.5, 0.6) is 0 Å². The first-order valence-electron chi connectivity index (χ1n) is 6.14. The van der Waals surface area contributed by atoms with E-state index >= 15 is 0 Å². The Balaban J connectivity index is 3.60. The van der Waals surface area contributed by atoms with Crippen LogP contribution in [0.4, 0.5) is 0 Å². The molecule has 0 saturated carbocycles. The van der Waals surface area contributed by atoms with Crippen LogP contribution in [0, 0.1) is 11.8 Å². The summed E-state index contributed by atoms with van der Waals surface area (Å²) in [5.74, 6) is 0.869. The molecule has 2 atom stereocenters. The highest BCUT2D eigenvalue weighted by molar-refractivity contribution is 4.94. The van der Waals surface area contributed by atoms with Gasteiger partial charge in [-0.25, -0.2) is 0 Å². The van der Waals surface area contributed by atoms with Crippen LogP contribution < -0.4 is 0 Å². The minimum Gasteiger partial charge on any atom is -0.396 e. The maximum absolute atomic E-state index is 8.86. The molecule has 0 fully saturated rings. The largest absolute Gasteiger partial charge is 0.396 e. The minimum atomic E-state index is 0.246. The Bertz CT molecular complexity index is 182. The summed E-state index contributed by atoms with van der Waals surface area (Å²) in [6, 6.07) is 0. The third-order valence-corrected chi connectivity index (χ3v) is 2.46. The second-order valence-electron chi connectivity index (χ2n) is 4.37. The fourth-order valence-corrected chi connectivity index (χ4v) is 1.27. The summed E-state index contributed by atoms with van der Waals surface area (Å²) in [6.07, 6.45) is 13.7. The van der Waals surface area contributed by atoms with Crippen LogP contribution in [0.2, 0.25) is 0 Å². The van der Waals surface area contributed by atoms with Gasteiger partial charge in [0.25, 0.3) is 0 Å². The zero-order valence-corrected chi connectivity index (χ0v) is 10.4. The first-order chi connectivity index (χ1) is 7.20. The minimum absolute atomic E-state index is 0.246. The molecule has 0 rings (SSSR count). The van der Waals surface area contributed by atoms with Gasteiger partial charge in [0.05, 0.1) is 0 Å². The number of rotatable bonds is 8. The van der Waals surface area contributed by atoms with E-state index < -0.39 is 0 Å². The zero-order chi connectivity index (χ0) is 11.5. The Morgan fingerprint density at radius 2 is 1.73 bits per heavy atom. The monoisotopic (exact) mass is 210 g/mol. The Morgan fingerprint density at radius 3 is 2.33 bits per heavy atom. The van der Waals surface area contributed by atoms with Gasteiger partial charge in [0, 0.05) is 6.61 Å². The quantitative estimate of drug-likeness (QED) is 0.475. The van der Waals surface area contributed by atoms with Crippen molar-refractivity contribution in [2.45, 2.75) is 46.5 Å². The molecule has 0 heterocycles. The molecule has 88 valence electrons. The van der Waals surface area contributed by atoms with Crippen molar-refractivity contribution >= 4 is 0 Å². The third kappa shape index (κ3) is 9.74. The van der Waals surface area contributed by atoms with Gasteiger partial charge in [0.1, 0.15) is 0 Å². The summed E-state index contributed by atoms with van der Waals surface area (Å²) in [7, 11) is 0. The van der Waals surface area contributed by atoms with Crippen molar-refractivity contribution in [2.24, 2.45) is 11.8 Å². The van der Waals surface area contributed by atoms with Gasteiger partial charge in [-0.1, -0.05) is 57.9 Å². The van der Waals surface area contributed by atoms with Gasteiger partial charge in [0.15, 0.2) is 0 Å². The van der Waals surface area contributed by atoms with Crippen LogP contribution >= 0.6 is 0 Å². The van der Waals surface area contributed by atoms with E-state index in [-0.39, 0.29) is 12.5 Å². The van der Waals surface area contributed by atoms with Crippen LogP contribution in [0.25, 0.3) is 0 Å². The molecule has 0 radical (unpaired) electrons. The Labute approximate surface area is 94.9 Å². The molecule has 1 heteroatoms. The Morgan fingerprint density at radius 1 is 1.07 bits per heavy atom. The summed E-state index contributed by atoms with van der Waals surface area (Å²) in [4.78, 5) is 0. The smallest absolute Gasteiger partial charge is 0.0491 e. The highest BCUT2D eigenvalue weighted by Gasteiger charge is 1.96. The fourth-order valence-electron chi connectivity index (χ4n) is 1.27. The molecule has 2 unspecified atom stereocenters. The summed E-state index contributed by atoms with van der Waals surface area (Å²) in [5.41, 5.74) is 0. The molecular weight excluding hydrogens is 184 g/mol. The lowest BCUT2D eigenvalue weighted by atomic mass is 10.0. The second-order valence-corrected chi connectivity index (χ2v) is 4.37. The molecule has 0 aliphatic rings. The highest BCUT2D eigenvalue weighted by Crippen LogP contribution is 2.08. The fraction of sp³-hybridized carbons (Fsp3) is 0.714. The van der Waals surface area contributed by atoms with Crippen molar-refractivity contribution in [1.82, 2.24) is 0 Å². The molecule has 0 aliphatic heterocycles. The normalized spacial score (nSPS) is 16.3. The van der Waals surface area contributed by atoms with Gasteiger partial charge < -0.3 is 5.11 Å². The van der Waals surface area contributed by atoms with Crippen molar-refractivity contribution in [1.29, 1.82) is 0 Å². The molecule has 0 aliphatic carbocycles. The van der Waals surface area contributed by atoms with E-state index in [0.717, 1.165) is 6.42 Å². The Hall–Kier alpha value is -0.560. The van der Waals surface area contributed by atoms with Crippen molar-refractivity contribution < 1.29 is 5.11 Å². The molecule has 1 N–H and O–H groups in total. The average Bonchev–Trinajstić information content (AvgIpc) is 2.25. The van der Waals surface area contributed by atoms with Gasteiger partial charge in [0.2, 0.25) is 0 Å². The number of allylic oxidation sites excluding steroid dienone is 3. The van der Waals surface area contributed by atoms with E-state index in [1.165, 1.54) is 19.3 Å². The predicted molar refractivity (Wildman–Crippen MR) is 67.8 cm³/mol. The van der Waals surface area contributed by atoms with Crippen molar-refractivity contribution in [3.05, 3.63) is 24.3 Å². The lowest BCUT2D eigenvalue weighted by Crippen LogP contribution is -1.96. The Kier molecular flexibility index (Phi) is 9.60. The number of hydrogen-bond acceptors (Lipinski definition) is 1. The summed E-state index contributed by atoms with van der Waals surface area (Å²) in [6.45, 7) is 6.70. The van der Waals surface area contributed by atoms with Crippen LogP contribution in [-0.4, -0.2) is 11.7 Å². The van der Waals surface area contributed by atoms with Crippen molar-refractivity contribution in [3.8, 4) is 0 Å². The predicted octanol–water partition coefficient (Wildman–Crippen LogP) is 3.94. The maximum atomic E-state index is 8.86. The standard InChI is InChI=1S/C14H26O/c1-4-5-6-7-8-9-13(2)10-11-14(3)12-15/h7-8,10-11,13-15H,4-6,9,12H2,1-3H3/b8-7+,11-10+. The summed E-state index contributed by atoms with van der Waals surface area (Å²) in [5, 5.41) is 8.86. The maximum Gasteiger partial charge on any atom is 0.0491 e. The van der Waals surface area contributed by atoms with Crippen LogP contribution in [0.15, 0.2) is 24.3 Å². The number of unbranched alkanes of at least 4 members (excludes halogenated alkanes) is 2. The van der Waals surface area contributed by atoms with Gasteiger partial charge in [-0.15, -0.1) is 0 Å². The van der Waals surface area contributed by atoms with E-state index in [2.05, 4.69) is 38.2 Å². The molecule has 15 heavy (non-hydrogen) atoms. The average molecular weight is 210 g/mol. The zero-order valence-electron chi connectivity index (χ0n) is 10.4. The number of aliphatic hydroxyl groups is 1. The van der Waals surface area contributed by atoms with Gasteiger partial charge in [-0.3, -0.25) is 0 Å². The first-order valence-corrected chi connectivity index (χ1v) is 6.14. The SMILES string of the molecule is CCCC/C=C/CC(C)/C=C/C(C)CO. The first kappa shape index (κ1) is 14.4. The highest BCUT2D eigenvalue weighted by atomic mass is 16.3. The van der Waals surface area contributed by atoms with E-state index in [9.17, 15) is 0 Å². The molecule has 0 aromatic rings. The second kappa shape index (κ2) is 9.97. The third-order valence-electron chi connectivity index (χ3n) is 2.46. The van der Waals surface area contributed by atoms with E-state index in [4.69, 9.17) is 5.11 Å². The number of hydrogen-bond donors (Lipinski definition) is 1. The molecule has 0 aromatic heterocycles. The van der Waals surface area contributed by atoms with Gasteiger partial charge in [-0.05, 0) is 24.7 Å².